The Labute approximate surface area is 439 Å². The summed E-state index contributed by atoms with van der Waals surface area (Å²) in [6, 6.07) is 18.8. The maximum Gasteiger partial charge on any atom is 0.326 e. The fourth-order valence-electron chi connectivity index (χ4n) is 7.88. The number of para-hydroxylation sites is 1. The number of carboxylic acids is 1. The van der Waals surface area contributed by atoms with Gasteiger partial charge in [-0.3, -0.25) is 43.7 Å². The molecule has 6 rings (SSSR count). The number of oxazole rings is 1. The Hall–Kier alpha value is -9.23. The molecule has 0 spiro atoms. The number of nitro groups is 1. The molecule has 13 N–H and O–H groups in total. The smallest absolute Gasteiger partial charge is 0.326 e. The van der Waals surface area contributed by atoms with Crippen molar-refractivity contribution in [2.24, 2.45) is 11.5 Å². The Balaban J connectivity index is 0.984. The number of carbonyl (C=O) groups excluding carboxylic acids is 7. The molecule has 0 aliphatic carbocycles. The number of aliphatic carboxylic acids is 1. The van der Waals surface area contributed by atoms with Gasteiger partial charge in [0.2, 0.25) is 41.4 Å². The second-order valence-corrected chi connectivity index (χ2v) is 18.1. The topological polar surface area (TPSA) is 396 Å². The monoisotopic (exact) mass is 1060 g/mol. The summed E-state index contributed by atoms with van der Waals surface area (Å²) in [4.78, 5) is 119. The number of hydrogen-bond acceptors (Lipinski definition) is 16. The van der Waals surface area contributed by atoms with Gasteiger partial charge >= 0.3 is 11.7 Å². The fraction of sp³-hybridized carbons (Fsp3) is 0.327. The number of furan rings is 1. The van der Waals surface area contributed by atoms with Crippen molar-refractivity contribution in [1.29, 1.82) is 0 Å². The molecule has 0 saturated carbocycles. The van der Waals surface area contributed by atoms with Crippen molar-refractivity contribution in [1.82, 2.24) is 42.2 Å². The van der Waals surface area contributed by atoms with E-state index < -0.39 is 119 Å². The van der Waals surface area contributed by atoms with Crippen molar-refractivity contribution in [2.45, 2.75) is 88.6 Å². The minimum Gasteiger partial charge on any atom is -0.502 e. The summed E-state index contributed by atoms with van der Waals surface area (Å²) in [5, 5.41) is 48.6. The van der Waals surface area contributed by atoms with Crippen LogP contribution in [0.25, 0.3) is 33.7 Å². The number of hydrogen-bond donors (Lipinski definition) is 11. The van der Waals surface area contributed by atoms with E-state index >= 15 is 0 Å². The summed E-state index contributed by atoms with van der Waals surface area (Å²) in [6.07, 6.45) is 0.799. The number of nitrogens with one attached hydrogen (secondary N) is 7. The molecule has 0 bridgehead atoms. The molecule has 2 heterocycles. The van der Waals surface area contributed by atoms with Crippen LogP contribution in [0.3, 0.4) is 0 Å². The molecule has 0 radical (unpaired) electrons. The normalized spacial score (nSPS) is 13.5. The van der Waals surface area contributed by atoms with Crippen molar-refractivity contribution in [2.75, 3.05) is 19.6 Å². The molecule has 406 valence electrons. The van der Waals surface area contributed by atoms with Gasteiger partial charge in [-0.15, -0.1) is 0 Å². The highest BCUT2D eigenvalue weighted by atomic mass is 16.6. The summed E-state index contributed by atoms with van der Waals surface area (Å²) in [6.45, 7) is 1.57. The molecule has 25 nitrogen and oxygen atoms in total. The largest absolute Gasteiger partial charge is 0.502 e. The van der Waals surface area contributed by atoms with Crippen LogP contribution in [0.2, 0.25) is 0 Å². The van der Waals surface area contributed by atoms with Crippen LogP contribution in [-0.4, -0.2) is 123 Å². The number of carboxylic acid groups (broad SMARTS) is 1. The molecular formula is C52H59N11O14. The minimum absolute atomic E-state index is 0.0130. The molecule has 6 aromatic rings. The number of rotatable bonds is 27. The Morgan fingerprint density at radius 3 is 1.99 bits per heavy atom. The number of nitrogens with zero attached hydrogens (tertiary/aromatic N) is 2. The average Bonchev–Trinajstić information content (AvgIpc) is 4.04. The van der Waals surface area contributed by atoms with Gasteiger partial charge in [0.25, 0.3) is 5.89 Å². The van der Waals surface area contributed by atoms with E-state index in [1.165, 1.54) is 19.9 Å². The predicted molar refractivity (Wildman–Crippen MR) is 277 cm³/mol. The number of fused-ring (bicyclic) bond motifs is 2. The Morgan fingerprint density at radius 1 is 0.636 bits per heavy atom. The SMILES string of the molecule is C[C@H](NC(=O)CNC(=O)CNC(=O)[C@H](Cc1ccccc1)NC(=O)[C@H](CCCCN)NC(=O)[C@@H](N)Cc1ccc2oc(-c3cc4ccccc4o3)nc2c1)C(=O)N[C@@H](C)C(=O)N[C@@H](Cc1ccc(O)c([N+](=O)[O-])c1)C(=O)O. The van der Waals surface area contributed by atoms with E-state index in [0.717, 1.165) is 17.5 Å². The minimum atomic E-state index is -1.58. The summed E-state index contributed by atoms with van der Waals surface area (Å²) < 4.78 is 11.8. The van der Waals surface area contributed by atoms with E-state index in [4.69, 9.17) is 20.3 Å². The molecule has 0 unspecified atom stereocenters. The molecule has 6 atom stereocenters. The number of amides is 7. The second-order valence-electron chi connectivity index (χ2n) is 18.1. The molecule has 4 aromatic carbocycles. The van der Waals surface area contributed by atoms with Gasteiger partial charge in [-0.25, -0.2) is 9.78 Å². The summed E-state index contributed by atoms with van der Waals surface area (Å²) in [7, 11) is 0. The summed E-state index contributed by atoms with van der Waals surface area (Å²) in [5.41, 5.74) is 14.6. The summed E-state index contributed by atoms with van der Waals surface area (Å²) >= 11 is 0. The van der Waals surface area contributed by atoms with Gasteiger partial charge in [-0.2, -0.15) is 0 Å². The Morgan fingerprint density at radius 2 is 1.27 bits per heavy atom. The molecule has 7 amide bonds. The molecular weight excluding hydrogens is 1000 g/mol. The second kappa shape index (κ2) is 26.8. The number of aromatic nitrogens is 1. The highest BCUT2D eigenvalue weighted by molar-refractivity contribution is 5.96. The molecule has 0 fully saturated rings. The van der Waals surface area contributed by atoms with Crippen LogP contribution in [0, 0.1) is 10.1 Å². The van der Waals surface area contributed by atoms with E-state index in [2.05, 4.69) is 42.2 Å². The van der Waals surface area contributed by atoms with Crippen molar-refractivity contribution in [3.8, 4) is 17.4 Å². The zero-order valence-corrected chi connectivity index (χ0v) is 41.9. The molecule has 0 saturated heterocycles. The van der Waals surface area contributed by atoms with Crippen LogP contribution in [-0.2, 0) is 57.6 Å². The first kappa shape index (κ1) is 57.1. The van der Waals surface area contributed by atoms with Gasteiger partial charge in [-0.1, -0.05) is 60.7 Å². The highest BCUT2D eigenvalue weighted by Crippen LogP contribution is 2.30. The molecule has 77 heavy (non-hydrogen) atoms. The lowest BCUT2D eigenvalue weighted by Crippen LogP contribution is -2.57. The standard InChI is InChI=1S/C52H59N11O14/c1-28(46(67)58-29(2)47(68)61-38(52(72)73)23-32-15-17-40(64)39(24-32)63(74)75)57-45(66)27-55-44(65)26-56-49(70)37(21-30-10-4-3-5-11-30)60-50(71)35(13-8-9-19-53)59-48(69)34(54)20-31-16-18-42-36(22-31)62-51(77-42)43-25-33-12-6-7-14-41(33)76-43/h3-7,10-12,14-18,22,24-25,28-29,34-35,37-38,64H,8-9,13,19-21,23,26-27,53-54H2,1-2H3,(H,55,65)(H,56,70)(H,57,66)(H,58,67)(H,59,69)(H,60,71)(H,61,68)(H,72,73)/t28-,29-,34-,35-,37-,38-/m0/s1. The molecule has 2 aromatic heterocycles. The highest BCUT2D eigenvalue weighted by Gasteiger charge is 2.30. The van der Waals surface area contributed by atoms with Gasteiger partial charge < -0.3 is 67.7 Å². The number of carbonyl (C=O) groups is 8. The molecule has 25 heteroatoms. The van der Waals surface area contributed by atoms with Crippen molar-refractivity contribution >= 4 is 75.1 Å². The Kier molecular flexibility index (Phi) is 19.9. The van der Waals surface area contributed by atoms with Gasteiger partial charge in [-0.05, 0) is 93.1 Å². The average molecular weight is 1060 g/mol. The number of phenolic OH excluding ortho intramolecular Hbond substituents is 1. The van der Waals surface area contributed by atoms with Crippen molar-refractivity contribution in [3.63, 3.8) is 0 Å². The third-order valence-electron chi connectivity index (χ3n) is 12.1. The lowest BCUT2D eigenvalue weighted by atomic mass is 10.0. The van der Waals surface area contributed by atoms with Crippen LogP contribution < -0.4 is 48.7 Å². The number of unbranched alkanes of at least 4 members (excludes halogenated alkanes) is 1. The Bertz CT molecular complexity index is 3090. The number of benzene rings is 4. The first-order valence-corrected chi connectivity index (χ1v) is 24.4. The van der Waals surface area contributed by atoms with Crippen LogP contribution >= 0.6 is 0 Å². The van der Waals surface area contributed by atoms with Gasteiger partial charge in [0.1, 0.15) is 41.3 Å². The van der Waals surface area contributed by atoms with E-state index in [-0.39, 0.29) is 30.7 Å². The number of aromatic hydroxyl groups is 1. The van der Waals surface area contributed by atoms with Gasteiger partial charge in [0.15, 0.2) is 17.1 Å². The molecule has 0 aliphatic heterocycles. The lowest BCUT2D eigenvalue weighted by Gasteiger charge is -2.24. The summed E-state index contributed by atoms with van der Waals surface area (Å²) in [5.74, 6) is -6.91. The van der Waals surface area contributed by atoms with Crippen LogP contribution in [0.5, 0.6) is 5.75 Å². The lowest BCUT2D eigenvalue weighted by molar-refractivity contribution is -0.385. The first-order valence-electron chi connectivity index (χ1n) is 24.4. The first-order chi connectivity index (χ1) is 36.8. The van der Waals surface area contributed by atoms with Crippen LogP contribution in [0.4, 0.5) is 5.69 Å². The number of nitro benzene ring substituents is 1. The fourth-order valence-corrected chi connectivity index (χ4v) is 7.88. The van der Waals surface area contributed by atoms with Crippen molar-refractivity contribution in [3.05, 3.63) is 124 Å². The number of phenols is 1. The maximum atomic E-state index is 14.0. The van der Waals surface area contributed by atoms with Gasteiger partial charge in [0.05, 0.1) is 24.1 Å². The molecule has 0 aliphatic rings. The zero-order valence-electron chi connectivity index (χ0n) is 41.9. The predicted octanol–water partition coefficient (Wildman–Crippen LogP) is 1.12. The van der Waals surface area contributed by atoms with Gasteiger partial charge in [0, 0.05) is 24.3 Å². The van der Waals surface area contributed by atoms with E-state index in [9.17, 15) is 58.7 Å². The third kappa shape index (κ3) is 16.4. The van der Waals surface area contributed by atoms with Crippen LogP contribution in [0.1, 0.15) is 49.8 Å². The van der Waals surface area contributed by atoms with E-state index in [0.29, 0.717) is 53.0 Å². The quantitative estimate of drug-likeness (QED) is 0.0196. The van der Waals surface area contributed by atoms with Crippen LogP contribution in [0.15, 0.2) is 106 Å². The van der Waals surface area contributed by atoms with Crippen molar-refractivity contribution < 1.29 is 62.3 Å². The third-order valence-corrected chi connectivity index (χ3v) is 12.1. The zero-order chi connectivity index (χ0) is 55.8. The van der Waals surface area contributed by atoms with E-state index in [1.54, 1.807) is 48.5 Å². The number of nitrogens with two attached hydrogens (primary N) is 2. The maximum absolute atomic E-state index is 14.0. The van der Waals surface area contributed by atoms with E-state index in [1.807, 2.05) is 30.3 Å².